The molecule has 5 nitrogen and oxygen atoms in total. The number of esters is 1. The highest BCUT2D eigenvalue weighted by Gasteiger charge is 2.18. The summed E-state index contributed by atoms with van der Waals surface area (Å²) in [5, 5.41) is 0.470. The van der Waals surface area contributed by atoms with Crippen molar-refractivity contribution < 1.29 is 23.0 Å². The van der Waals surface area contributed by atoms with Gasteiger partial charge in [0.05, 0.1) is 12.3 Å². The minimum Gasteiger partial charge on any atom is -0.488 e. The van der Waals surface area contributed by atoms with Crippen molar-refractivity contribution in [1.29, 1.82) is 0 Å². The van der Waals surface area contributed by atoms with Gasteiger partial charge in [-0.3, -0.25) is 4.57 Å². The van der Waals surface area contributed by atoms with Crippen molar-refractivity contribution in [1.82, 2.24) is 9.55 Å². The minimum absolute atomic E-state index is 0.0938. The number of pyridine rings is 1. The Morgan fingerprint density at radius 3 is 2.68 bits per heavy atom. The van der Waals surface area contributed by atoms with E-state index in [9.17, 15) is 13.6 Å². The number of hydrogen-bond donors (Lipinski definition) is 0. The van der Waals surface area contributed by atoms with Gasteiger partial charge in [0.15, 0.2) is 5.69 Å². The van der Waals surface area contributed by atoms with E-state index in [0.29, 0.717) is 27.8 Å². The molecule has 0 amide bonds. The third-order valence-electron chi connectivity index (χ3n) is 5.13. The fraction of sp³-hybridized carbons (Fsp3) is 0.154. The molecule has 0 aliphatic heterocycles. The number of carbonyl (C=O) groups excluding carboxylic acids is 1. The third kappa shape index (κ3) is 4.94. The van der Waals surface area contributed by atoms with Crippen LogP contribution in [0.15, 0.2) is 66.7 Å². The molecule has 2 heterocycles. The van der Waals surface area contributed by atoms with Crippen molar-refractivity contribution in [3.63, 3.8) is 0 Å². The summed E-state index contributed by atoms with van der Waals surface area (Å²) in [7, 11) is 0. The molecule has 0 saturated heterocycles. The quantitative estimate of drug-likeness (QED) is 0.281. The van der Waals surface area contributed by atoms with E-state index in [0.717, 1.165) is 23.9 Å². The summed E-state index contributed by atoms with van der Waals surface area (Å²) in [6.45, 7) is 3.70. The van der Waals surface area contributed by atoms with Gasteiger partial charge in [0.25, 0.3) is 0 Å². The Morgan fingerprint density at radius 2 is 1.88 bits per heavy atom. The molecule has 0 unspecified atom stereocenters. The van der Waals surface area contributed by atoms with Crippen molar-refractivity contribution in [2.45, 2.75) is 20.5 Å². The van der Waals surface area contributed by atoms with E-state index in [1.807, 2.05) is 23.6 Å². The second-order valence-corrected chi connectivity index (χ2v) is 7.90. The van der Waals surface area contributed by atoms with Gasteiger partial charge in [0.1, 0.15) is 29.8 Å². The van der Waals surface area contributed by atoms with Crippen LogP contribution < -0.4 is 4.74 Å². The Kier molecular flexibility index (Phi) is 6.93. The van der Waals surface area contributed by atoms with Gasteiger partial charge in [-0.1, -0.05) is 17.7 Å². The third-order valence-corrected chi connectivity index (χ3v) is 5.37. The van der Waals surface area contributed by atoms with Gasteiger partial charge in [-0.15, -0.1) is 0 Å². The van der Waals surface area contributed by atoms with E-state index in [-0.39, 0.29) is 24.5 Å². The second-order valence-electron chi connectivity index (χ2n) is 7.46. The highest BCUT2D eigenvalue weighted by Crippen LogP contribution is 2.36. The van der Waals surface area contributed by atoms with Gasteiger partial charge < -0.3 is 9.47 Å². The van der Waals surface area contributed by atoms with E-state index in [1.165, 1.54) is 0 Å². The maximum atomic E-state index is 14.1. The molecule has 0 saturated carbocycles. The summed E-state index contributed by atoms with van der Waals surface area (Å²) in [6.07, 6.45) is 0. The van der Waals surface area contributed by atoms with Gasteiger partial charge in [-0.05, 0) is 74.5 Å². The molecule has 0 radical (unpaired) electrons. The fourth-order valence-electron chi connectivity index (χ4n) is 3.56. The lowest BCUT2D eigenvalue weighted by atomic mass is 10.1. The molecule has 34 heavy (non-hydrogen) atoms. The average molecular weight is 483 g/mol. The molecule has 0 fully saturated rings. The lowest BCUT2D eigenvalue weighted by Gasteiger charge is -2.16. The number of ether oxygens (including phenoxy) is 2. The van der Waals surface area contributed by atoms with Crippen LogP contribution in [0.2, 0.25) is 5.02 Å². The van der Waals surface area contributed by atoms with Gasteiger partial charge in [-0.25, -0.2) is 18.6 Å². The largest absolute Gasteiger partial charge is 0.488 e. The second kappa shape index (κ2) is 10.1. The van der Waals surface area contributed by atoms with Crippen molar-refractivity contribution >= 4 is 17.6 Å². The Labute approximate surface area is 200 Å². The smallest absolute Gasteiger partial charge is 0.356 e. The Hall–Kier alpha value is -3.71. The van der Waals surface area contributed by atoms with Gasteiger partial charge in [-0.2, -0.15) is 0 Å². The van der Waals surface area contributed by atoms with Gasteiger partial charge in [0.2, 0.25) is 0 Å². The molecule has 0 spiro atoms. The van der Waals surface area contributed by atoms with E-state index in [1.54, 1.807) is 43.3 Å². The van der Waals surface area contributed by atoms with Crippen LogP contribution in [0, 0.1) is 18.6 Å². The summed E-state index contributed by atoms with van der Waals surface area (Å²) < 4.78 is 40.5. The molecular weight excluding hydrogens is 462 g/mol. The summed E-state index contributed by atoms with van der Waals surface area (Å²) in [5.74, 6) is -0.691. The predicted octanol–water partition coefficient (Wildman–Crippen LogP) is 6.54. The predicted molar refractivity (Wildman–Crippen MR) is 125 cm³/mol. The molecule has 0 N–H and O–H groups in total. The van der Waals surface area contributed by atoms with E-state index < -0.39 is 17.6 Å². The van der Waals surface area contributed by atoms with Crippen LogP contribution in [0.3, 0.4) is 0 Å². The standard InChI is InChI=1S/C26H21ClF2N2O3/c1-3-33-26(32)22-5-4-6-25(30-22)31-16(2)7-11-23(31)20-14-18(27)8-12-24(20)34-15-17-13-19(28)9-10-21(17)29/h4-14H,3,15H2,1-2H3. The molecule has 2 aromatic heterocycles. The monoisotopic (exact) mass is 482 g/mol. The molecule has 0 atom stereocenters. The molecule has 0 bridgehead atoms. The highest BCUT2D eigenvalue weighted by molar-refractivity contribution is 6.31. The maximum Gasteiger partial charge on any atom is 0.356 e. The summed E-state index contributed by atoms with van der Waals surface area (Å²) in [4.78, 5) is 16.7. The topological polar surface area (TPSA) is 53.4 Å². The number of benzene rings is 2. The zero-order valence-corrected chi connectivity index (χ0v) is 19.3. The van der Waals surface area contributed by atoms with Crippen LogP contribution in [0.5, 0.6) is 5.75 Å². The average Bonchev–Trinajstić information content (AvgIpc) is 3.21. The molecule has 4 rings (SSSR count). The van der Waals surface area contributed by atoms with Crippen molar-refractivity contribution in [3.8, 4) is 22.8 Å². The van der Waals surface area contributed by atoms with Crippen molar-refractivity contribution in [2.75, 3.05) is 6.61 Å². The van der Waals surface area contributed by atoms with E-state index in [2.05, 4.69) is 4.98 Å². The zero-order valence-electron chi connectivity index (χ0n) is 18.5. The summed E-state index contributed by atoms with van der Waals surface area (Å²) in [6, 6.07) is 17.1. The van der Waals surface area contributed by atoms with Crippen LogP contribution in [0.1, 0.15) is 28.7 Å². The molecule has 174 valence electrons. The number of aromatic nitrogens is 2. The maximum absolute atomic E-state index is 14.1. The van der Waals surface area contributed by atoms with E-state index in [4.69, 9.17) is 21.1 Å². The van der Waals surface area contributed by atoms with Crippen LogP contribution in [0.25, 0.3) is 17.1 Å². The van der Waals surface area contributed by atoms with Crippen molar-refractivity contribution in [3.05, 3.63) is 100 Å². The van der Waals surface area contributed by atoms with Crippen LogP contribution >= 0.6 is 11.6 Å². The first-order valence-electron chi connectivity index (χ1n) is 10.6. The van der Waals surface area contributed by atoms with Gasteiger partial charge >= 0.3 is 5.97 Å². The SMILES string of the molecule is CCOC(=O)c1cccc(-n2c(C)ccc2-c2cc(Cl)ccc2OCc2cc(F)ccc2F)n1. The Balaban J connectivity index is 1.74. The molecular formula is C26H21ClF2N2O3. The first kappa shape index (κ1) is 23.4. The van der Waals surface area contributed by atoms with Gasteiger partial charge in [0, 0.05) is 21.8 Å². The number of carbonyl (C=O) groups is 1. The van der Waals surface area contributed by atoms with Crippen molar-refractivity contribution in [2.24, 2.45) is 0 Å². The zero-order chi connectivity index (χ0) is 24.2. The Morgan fingerprint density at radius 1 is 1.06 bits per heavy atom. The Bertz CT molecular complexity index is 1350. The summed E-state index contributed by atoms with van der Waals surface area (Å²) >= 11 is 6.29. The minimum atomic E-state index is -0.559. The number of rotatable bonds is 7. The molecule has 4 aromatic rings. The lowest BCUT2D eigenvalue weighted by Crippen LogP contribution is -2.10. The van der Waals surface area contributed by atoms with E-state index >= 15 is 0 Å². The number of hydrogen-bond acceptors (Lipinski definition) is 4. The lowest BCUT2D eigenvalue weighted by molar-refractivity contribution is 0.0519. The molecule has 8 heteroatoms. The molecule has 0 aliphatic rings. The molecule has 2 aromatic carbocycles. The van der Waals surface area contributed by atoms with Crippen LogP contribution in [-0.4, -0.2) is 22.1 Å². The number of halogens is 3. The first-order valence-corrected chi connectivity index (χ1v) is 10.9. The normalized spacial score (nSPS) is 10.9. The van der Waals surface area contributed by atoms with Crippen LogP contribution in [-0.2, 0) is 11.3 Å². The number of aryl methyl sites for hydroxylation is 1. The fourth-order valence-corrected chi connectivity index (χ4v) is 3.73. The number of nitrogens with zero attached hydrogens (tertiary/aromatic N) is 2. The highest BCUT2D eigenvalue weighted by atomic mass is 35.5. The molecule has 0 aliphatic carbocycles. The first-order chi connectivity index (χ1) is 16.4. The summed E-state index contributed by atoms with van der Waals surface area (Å²) in [5.41, 5.74) is 2.45. The van der Waals surface area contributed by atoms with Crippen LogP contribution in [0.4, 0.5) is 8.78 Å².